The van der Waals surface area contributed by atoms with E-state index in [1.807, 2.05) is 6.20 Å². The fourth-order valence-corrected chi connectivity index (χ4v) is 11.3. The summed E-state index contributed by atoms with van der Waals surface area (Å²) >= 11 is 0. The van der Waals surface area contributed by atoms with Gasteiger partial charge in [0.2, 0.25) is 0 Å². The molecule has 0 saturated heterocycles. The molecule has 0 fully saturated rings. The van der Waals surface area contributed by atoms with Crippen molar-refractivity contribution in [2.75, 3.05) is 4.90 Å². The smallest absolute Gasteiger partial charge is 0.0979 e. The molecule has 1 unspecified atom stereocenters. The lowest BCUT2D eigenvalue weighted by molar-refractivity contribution is 0.652. The lowest BCUT2D eigenvalue weighted by atomic mass is 9.77. The second-order valence-corrected chi connectivity index (χ2v) is 18.4. The maximum absolute atomic E-state index is 5.24. The zero-order valence-electron chi connectivity index (χ0n) is 36.0. The maximum Gasteiger partial charge on any atom is 0.0979 e. The van der Waals surface area contributed by atoms with E-state index in [0.717, 1.165) is 52.3 Å². The van der Waals surface area contributed by atoms with E-state index >= 15 is 0 Å². The van der Waals surface area contributed by atoms with Gasteiger partial charge < -0.3 is 4.90 Å². The number of rotatable bonds is 5. The summed E-state index contributed by atoms with van der Waals surface area (Å²) < 4.78 is 0. The highest BCUT2D eigenvalue weighted by atomic mass is 15.2. The summed E-state index contributed by atoms with van der Waals surface area (Å²) in [6, 6.07) is 62.5. The average molecular weight is 820 g/mol. The normalized spacial score (nSPS) is 17.2. The molecule has 0 radical (unpaired) electrons. The van der Waals surface area contributed by atoms with Crippen LogP contribution in [0.1, 0.15) is 60.9 Å². The molecule has 0 amide bonds. The lowest BCUT2D eigenvalue weighted by Gasteiger charge is -2.30. The number of aromatic nitrogens is 2. The Morgan fingerprint density at radius 3 is 1.92 bits per heavy atom. The zero-order chi connectivity index (χ0) is 42.5. The van der Waals surface area contributed by atoms with Crippen LogP contribution in [-0.4, -0.2) is 16.0 Å². The zero-order valence-corrected chi connectivity index (χ0v) is 36.0. The first-order chi connectivity index (χ1) is 31.5. The van der Waals surface area contributed by atoms with E-state index in [1.165, 1.54) is 89.0 Å². The van der Waals surface area contributed by atoms with Gasteiger partial charge in [0.1, 0.15) is 0 Å². The molecule has 0 bridgehead atoms. The Hall–Kier alpha value is -7.62. The predicted molar refractivity (Wildman–Crippen MR) is 268 cm³/mol. The largest absolute Gasteiger partial charge is 0.333 e. The highest BCUT2D eigenvalue weighted by molar-refractivity contribution is 6.23. The Balaban J connectivity index is 0.757. The minimum absolute atomic E-state index is 0.0969. The van der Waals surface area contributed by atoms with Gasteiger partial charge in [-0.25, -0.2) is 4.98 Å². The molecule has 64 heavy (non-hydrogen) atoms. The second kappa shape index (κ2) is 14.2. The molecule has 3 heteroatoms. The van der Waals surface area contributed by atoms with Crippen LogP contribution < -0.4 is 4.90 Å². The first-order valence-corrected chi connectivity index (χ1v) is 22.7. The molecular formula is C61H45N3. The van der Waals surface area contributed by atoms with E-state index in [0.29, 0.717) is 0 Å². The van der Waals surface area contributed by atoms with Crippen LogP contribution in [-0.2, 0) is 5.41 Å². The van der Waals surface area contributed by atoms with Gasteiger partial charge in [-0.2, -0.15) is 0 Å². The Morgan fingerprint density at radius 1 is 0.531 bits per heavy atom. The van der Waals surface area contributed by atoms with Gasteiger partial charge in [-0.15, -0.1) is 0 Å². The first-order valence-electron chi connectivity index (χ1n) is 22.7. The maximum atomic E-state index is 5.24. The molecule has 1 atom stereocenters. The molecule has 3 nitrogen and oxygen atoms in total. The molecule has 8 aromatic carbocycles. The van der Waals surface area contributed by atoms with Crippen LogP contribution in [0.15, 0.2) is 200 Å². The van der Waals surface area contributed by atoms with Crippen LogP contribution in [0.4, 0.5) is 11.4 Å². The average Bonchev–Trinajstić information content (AvgIpc) is 3.81. The molecule has 4 aliphatic rings. The van der Waals surface area contributed by atoms with Crippen molar-refractivity contribution >= 4 is 66.2 Å². The van der Waals surface area contributed by atoms with E-state index in [-0.39, 0.29) is 11.5 Å². The summed E-state index contributed by atoms with van der Waals surface area (Å²) in [7, 11) is 0. The molecule has 1 aliphatic heterocycles. The standard InChI is InChI=1S/C61H45N3/c1-61(2)54-34-42(38-20-22-40(23-21-38)44-30-33-51-50-16-10-11-19-57(50)64(58(51)36-44)45-12-4-3-5-13-45)28-31-48(54)49-32-29-43(35-55(49)61)39-24-26-41(27-25-39)56-37-62-59-52-17-8-6-14-46(52)47-15-7-9-18-53(47)60(59)63-56/h3-28,30-31,33-35,37,58H,29,32,36H2,1-2H3. The molecule has 0 saturated carbocycles. The summed E-state index contributed by atoms with van der Waals surface area (Å²) in [4.78, 5) is 12.8. The Bertz CT molecular complexity index is 3490. The minimum Gasteiger partial charge on any atom is -0.333 e. The Labute approximate surface area is 374 Å². The first kappa shape index (κ1) is 37.0. The van der Waals surface area contributed by atoms with Crippen LogP contribution in [0, 0.1) is 0 Å². The van der Waals surface area contributed by atoms with Crippen molar-refractivity contribution in [3.05, 3.63) is 228 Å². The van der Waals surface area contributed by atoms with Gasteiger partial charge in [-0.05, 0) is 116 Å². The molecular weight excluding hydrogens is 775 g/mol. The van der Waals surface area contributed by atoms with Crippen molar-refractivity contribution in [1.29, 1.82) is 0 Å². The third-order valence-corrected chi connectivity index (χ3v) is 14.6. The second-order valence-electron chi connectivity index (χ2n) is 18.4. The van der Waals surface area contributed by atoms with Gasteiger partial charge in [0.05, 0.1) is 29.0 Å². The van der Waals surface area contributed by atoms with Gasteiger partial charge in [0, 0.05) is 38.7 Å². The number of anilines is 2. The number of allylic oxidation sites excluding steroid dienone is 6. The minimum atomic E-state index is -0.0969. The topological polar surface area (TPSA) is 29.0 Å². The molecule has 13 rings (SSSR count). The summed E-state index contributed by atoms with van der Waals surface area (Å²) in [6.07, 6.45) is 12.2. The van der Waals surface area contributed by atoms with Gasteiger partial charge in [-0.3, -0.25) is 4.98 Å². The van der Waals surface area contributed by atoms with Crippen molar-refractivity contribution in [2.45, 2.75) is 44.6 Å². The molecule has 3 aliphatic carbocycles. The van der Waals surface area contributed by atoms with Gasteiger partial charge >= 0.3 is 0 Å². The molecule has 304 valence electrons. The van der Waals surface area contributed by atoms with Crippen molar-refractivity contribution < 1.29 is 0 Å². The predicted octanol–water partition coefficient (Wildman–Crippen LogP) is 15.6. The van der Waals surface area contributed by atoms with E-state index in [4.69, 9.17) is 9.97 Å². The molecule has 9 aromatic rings. The summed E-state index contributed by atoms with van der Waals surface area (Å²) in [6.45, 7) is 4.82. The monoisotopic (exact) mass is 819 g/mol. The highest BCUT2D eigenvalue weighted by Crippen LogP contribution is 2.53. The van der Waals surface area contributed by atoms with E-state index in [2.05, 4.69) is 207 Å². The molecule has 2 heterocycles. The van der Waals surface area contributed by atoms with Crippen LogP contribution in [0.3, 0.4) is 0 Å². The lowest BCUT2D eigenvalue weighted by Crippen LogP contribution is -2.28. The Morgan fingerprint density at radius 2 is 1.16 bits per heavy atom. The Kier molecular flexibility index (Phi) is 8.21. The van der Waals surface area contributed by atoms with Crippen molar-refractivity contribution in [3.8, 4) is 22.4 Å². The van der Waals surface area contributed by atoms with E-state index in [1.54, 1.807) is 0 Å². The fourth-order valence-electron chi connectivity index (χ4n) is 11.3. The summed E-state index contributed by atoms with van der Waals surface area (Å²) in [5.74, 6) is 0. The number of nitrogens with zero attached hydrogens (tertiary/aromatic N) is 3. The van der Waals surface area contributed by atoms with Crippen LogP contribution in [0.25, 0.3) is 77.3 Å². The SMILES string of the molecule is CC1(C)C2=C(CCC(c3ccc(-c4cnc5c6ccccc6c6ccccc6c5n4)cc3)=C2)c2ccc(-c3ccc(C4=CC=C5c6ccccc6N(c6ccccc6)C5C4)cc3)cc21. The number of para-hydroxylation sites is 2. The van der Waals surface area contributed by atoms with E-state index in [9.17, 15) is 0 Å². The highest BCUT2D eigenvalue weighted by Gasteiger charge is 2.39. The van der Waals surface area contributed by atoms with Crippen LogP contribution in [0.5, 0.6) is 0 Å². The number of fused-ring (bicyclic) bond motifs is 11. The quantitative estimate of drug-likeness (QED) is 0.162. The van der Waals surface area contributed by atoms with Crippen molar-refractivity contribution in [3.63, 3.8) is 0 Å². The third kappa shape index (κ3) is 5.67. The summed E-state index contributed by atoms with van der Waals surface area (Å²) in [5.41, 5.74) is 22.7. The van der Waals surface area contributed by atoms with Gasteiger partial charge in [0.25, 0.3) is 0 Å². The number of hydrogen-bond donors (Lipinski definition) is 0. The van der Waals surface area contributed by atoms with Gasteiger partial charge in [-0.1, -0.05) is 178 Å². The van der Waals surface area contributed by atoms with Crippen LogP contribution in [0.2, 0.25) is 0 Å². The fraction of sp³-hybridized carbons (Fsp3) is 0.115. The van der Waals surface area contributed by atoms with E-state index < -0.39 is 0 Å². The van der Waals surface area contributed by atoms with Gasteiger partial charge in [0.15, 0.2) is 0 Å². The molecule has 1 aromatic heterocycles. The van der Waals surface area contributed by atoms with Crippen LogP contribution >= 0.6 is 0 Å². The molecule has 0 spiro atoms. The van der Waals surface area contributed by atoms with Crippen molar-refractivity contribution in [1.82, 2.24) is 9.97 Å². The molecule has 0 N–H and O–H groups in total. The third-order valence-electron chi connectivity index (χ3n) is 14.6. The number of hydrogen-bond acceptors (Lipinski definition) is 3. The number of benzene rings is 8. The van der Waals surface area contributed by atoms with Crippen molar-refractivity contribution in [2.24, 2.45) is 0 Å². The summed E-state index contributed by atoms with van der Waals surface area (Å²) in [5, 5.41) is 4.71.